The minimum absolute atomic E-state index is 0.0297. The molecular formula is C10H19N3O. The highest BCUT2D eigenvalue weighted by Crippen LogP contribution is 2.47. The van der Waals surface area contributed by atoms with Gasteiger partial charge in [-0.1, -0.05) is 0 Å². The SMILES string of the molecule is CC(C)NC(=O)NCC1C2CNCC21. The number of rotatable bonds is 3. The Hall–Kier alpha value is -0.770. The summed E-state index contributed by atoms with van der Waals surface area (Å²) in [5, 5.41) is 9.10. The van der Waals surface area contributed by atoms with Crippen LogP contribution >= 0.6 is 0 Å². The van der Waals surface area contributed by atoms with Crippen LogP contribution in [0.25, 0.3) is 0 Å². The van der Waals surface area contributed by atoms with E-state index >= 15 is 0 Å². The minimum Gasteiger partial charge on any atom is -0.338 e. The summed E-state index contributed by atoms with van der Waals surface area (Å²) in [7, 11) is 0. The van der Waals surface area contributed by atoms with Gasteiger partial charge in [0.15, 0.2) is 0 Å². The molecule has 1 aliphatic carbocycles. The van der Waals surface area contributed by atoms with Gasteiger partial charge in [0.2, 0.25) is 0 Å². The molecule has 2 unspecified atom stereocenters. The number of carbonyl (C=O) groups excluding carboxylic acids is 1. The number of hydrogen-bond acceptors (Lipinski definition) is 2. The lowest BCUT2D eigenvalue weighted by Crippen LogP contribution is -2.40. The van der Waals surface area contributed by atoms with Crippen molar-refractivity contribution in [3.05, 3.63) is 0 Å². The summed E-state index contributed by atoms with van der Waals surface area (Å²) in [6.45, 7) is 7.06. The fraction of sp³-hybridized carbons (Fsp3) is 0.900. The average Bonchev–Trinajstić information content (AvgIpc) is 2.57. The fourth-order valence-corrected chi connectivity index (χ4v) is 2.37. The summed E-state index contributed by atoms with van der Waals surface area (Å²) in [6, 6.07) is 0.188. The van der Waals surface area contributed by atoms with Crippen LogP contribution in [0.1, 0.15) is 13.8 Å². The first-order chi connectivity index (χ1) is 6.68. The van der Waals surface area contributed by atoms with Crippen LogP contribution in [0.15, 0.2) is 0 Å². The molecule has 2 atom stereocenters. The fourth-order valence-electron chi connectivity index (χ4n) is 2.37. The van der Waals surface area contributed by atoms with E-state index in [1.165, 1.54) is 0 Å². The van der Waals surface area contributed by atoms with Crippen LogP contribution in [0.5, 0.6) is 0 Å². The van der Waals surface area contributed by atoms with Crippen molar-refractivity contribution in [1.82, 2.24) is 16.0 Å². The number of carbonyl (C=O) groups is 1. The molecule has 4 nitrogen and oxygen atoms in total. The molecule has 1 aliphatic heterocycles. The monoisotopic (exact) mass is 197 g/mol. The van der Waals surface area contributed by atoms with Crippen molar-refractivity contribution in [3.8, 4) is 0 Å². The second-order valence-corrected chi connectivity index (χ2v) is 4.66. The molecule has 1 heterocycles. The van der Waals surface area contributed by atoms with Gasteiger partial charge in [-0.2, -0.15) is 0 Å². The largest absolute Gasteiger partial charge is 0.338 e. The molecule has 1 saturated heterocycles. The van der Waals surface area contributed by atoms with Gasteiger partial charge in [-0.25, -0.2) is 4.79 Å². The first-order valence-electron chi connectivity index (χ1n) is 5.43. The van der Waals surface area contributed by atoms with E-state index in [4.69, 9.17) is 0 Å². The summed E-state index contributed by atoms with van der Waals surface area (Å²) < 4.78 is 0. The molecule has 0 aromatic heterocycles. The predicted octanol–water partition coefficient (Wildman–Crippen LogP) is 0.159. The van der Waals surface area contributed by atoms with Crippen LogP contribution in [-0.4, -0.2) is 31.7 Å². The van der Waals surface area contributed by atoms with Crippen LogP contribution in [0, 0.1) is 17.8 Å². The van der Waals surface area contributed by atoms with Crippen molar-refractivity contribution in [1.29, 1.82) is 0 Å². The summed E-state index contributed by atoms with van der Waals surface area (Å²) >= 11 is 0. The summed E-state index contributed by atoms with van der Waals surface area (Å²) in [6.07, 6.45) is 0. The lowest BCUT2D eigenvalue weighted by Gasteiger charge is -2.10. The molecule has 2 fully saturated rings. The van der Waals surface area contributed by atoms with Gasteiger partial charge < -0.3 is 16.0 Å². The Kier molecular flexibility index (Phi) is 2.63. The normalized spacial score (nSPS) is 34.1. The van der Waals surface area contributed by atoms with Crippen molar-refractivity contribution in [2.24, 2.45) is 17.8 Å². The van der Waals surface area contributed by atoms with Gasteiger partial charge in [-0.3, -0.25) is 0 Å². The zero-order valence-corrected chi connectivity index (χ0v) is 8.84. The minimum atomic E-state index is -0.0297. The molecule has 2 rings (SSSR count). The van der Waals surface area contributed by atoms with E-state index in [0.717, 1.165) is 37.4 Å². The Labute approximate surface area is 84.8 Å². The Morgan fingerprint density at radius 1 is 1.43 bits per heavy atom. The van der Waals surface area contributed by atoms with Crippen LogP contribution < -0.4 is 16.0 Å². The van der Waals surface area contributed by atoms with E-state index in [0.29, 0.717) is 0 Å². The van der Waals surface area contributed by atoms with Crippen LogP contribution in [0.3, 0.4) is 0 Å². The highest BCUT2D eigenvalue weighted by molar-refractivity contribution is 5.74. The van der Waals surface area contributed by atoms with Crippen molar-refractivity contribution in [2.45, 2.75) is 19.9 Å². The van der Waals surface area contributed by atoms with Crippen molar-refractivity contribution < 1.29 is 4.79 Å². The van der Waals surface area contributed by atoms with Gasteiger partial charge in [0.1, 0.15) is 0 Å². The quantitative estimate of drug-likeness (QED) is 0.603. The van der Waals surface area contributed by atoms with Crippen LogP contribution in [0.4, 0.5) is 4.79 Å². The predicted molar refractivity (Wildman–Crippen MR) is 55.0 cm³/mol. The Bertz CT molecular complexity index is 219. The molecule has 0 bridgehead atoms. The van der Waals surface area contributed by atoms with Crippen molar-refractivity contribution >= 4 is 6.03 Å². The smallest absolute Gasteiger partial charge is 0.314 e. The van der Waals surface area contributed by atoms with Gasteiger partial charge in [0, 0.05) is 12.6 Å². The lowest BCUT2D eigenvalue weighted by atomic mass is 10.3. The van der Waals surface area contributed by atoms with Gasteiger partial charge in [0.25, 0.3) is 0 Å². The highest BCUT2D eigenvalue weighted by Gasteiger charge is 2.52. The molecule has 4 heteroatoms. The molecule has 0 aromatic rings. The first kappa shape index (κ1) is 9.77. The zero-order valence-electron chi connectivity index (χ0n) is 8.84. The van der Waals surface area contributed by atoms with Crippen LogP contribution in [-0.2, 0) is 0 Å². The molecule has 0 spiro atoms. The van der Waals surface area contributed by atoms with E-state index < -0.39 is 0 Å². The Morgan fingerprint density at radius 2 is 2.07 bits per heavy atom. The third-order valence-electron chi connectivity index (χ3n) is 3.19. The number of hydrogen-bond donors (Lipinski definition) is 3. The third-order valence-corrected chi connectivity index (χ3v) is 3.19. The van der Waals surface area contributed by atoms with Gasteiger partial charge in [0.05, 0.1) is 0 Å². The van der Waals surface area contributed by atoms with Crippen molar-refractivity contribution in [3.63, 3.8) is 0 Å². The van der Waals surface area contributed by atoms with Crippen molar-refractivity contribution in [2.75, 3.05) is 19.6 Å². The number of urea groups is 1. The van der Waals surface area contributed by atoms with E-state index in [1.807, 2.05) is 13.8 Å². The molecule has 3 N–H and O–H groups in total. The van der Waals surface area contributed by atoms with Gasteiger partial charge in [-0.15, -0.1) is 0 Å². The third kappa shape index (κ3) is 2.00. The number of piperidine rings is 1. The summed E-state index contributed by atoms with van der Waals surface area (Å²) in [4.78, 5) is 11.3. The average molecular weight is 197 g/mol. The highest BCUT2D eigenvalue weighted by atomic mass is 16.2. The second kappa shape index (κ2) is 3.77. The molecule has 80 valence electrons. The topological polar surface area (TPSA) is 53.2 Å². The zero-order chi connectivity index (χ0) is 10.1. The Balaban J connectivity index is 1.62. The summed E-state index contributed by atoms with van der Waals surface area (Å²) in [5.41, 5.74) is 0. The van der Waals surface area contributed by atoms with Gasteiger partial charge in [-0.05, 0) is 44.7 Å². The number of fused-ring (bicyclic) bond motifs is 1. The first-order valence-corrected chi connectivity index (χ1v) is 5.43. The summed E-state index contributed by atoms with van der Waals surface area (Å²) in [5.74, 6) is 2.39. The molecule has 14 heavy (non-hydrogen) atoms. The lowest BCUT2D eigenvalue weighted by molar-refractivity contribution is 0.237. The Morgan fingerprint density at radius 3 is 2.64 bits per heavy atom. The molecular weight excluding hydrogens is 178 g/mol. The van der Waals surface area contributed by atoms with E-state index in [2.05, 4.69) is 16.0 Å². The maximum Gasteiger partial charge on any atom is 0.314 e. The maximum atomic E-state index is 11.3. The number of amides is 2. The van der Waals surface area contributed by atoms with Gasteiger partial charge >= 0.3 is 6.03 Å². The second-order valence-electron chi connectivity index (χ2n) is 4.66. The molecule has 0 aromatic carbocycles. The molecule has 0 radical (unpaired) electrons. The molecule has 2 aliphatic rings. The van der Waals surface area contributed by atoms with E-state index in [9.17, 15) is 4.79 Å². The maximum absolute atomic E-state index is 11.3. The number of nitrogens with one attached hydrogen (secondary N) is 3. The van der Waals surface area contributed by atoms with E-state index in [1.54, 1.807) is 0 Å². The molecule has 2 amide bonds. The standard InChI is InChI=1S/C10H19N3O/c1-6(2)13-10(14)12-5-9-7-3-11-4-8(7)9/h6-9,11H,3-5H2,1-2H3,(H2,12,13,14). The van der Waals surface area contributed by atoms with Crippen LogP contribution in [0.2, 0.25) is 0 Å². The molecule has 1 saturated carbocycles. The van der Waals surface area contributed by atoms with E-state index in [-0.39, 0.29) is 12.1 Å².